The van der Waals surface area contributed by atoms with Crippen LogP contribution in [0.1, 0.15) is 24.4 Å². The van der Waals surface area contributed by atoms with Crippen molar-refractivity contribution in [1.29, 1.82) is 0 Å². The van der Waals surface area contributed by atoms with Gasteiger partial charge in [0.2, 0.25) is 0 Å². The van der Waals surface area contributed by atoms with Crippen LogP contribution in [-0.4, -0.2) is 16.0 Å². The van der Waals surface area contributed by atoms with E-state index in [1.54, 1.807) is 23.7 Å². The van der Waals surface area contributed by atoms with Crippen LogP contribution in [0.25, 0.3) is 10.6 Å². The van der Waals surface area contributed by atoms with Gasteiger partial charge in [0.1, 0.15) is 5.01 Å². The fourth-order valence-electron chi connectivity index (χ4n) is 1.51. The number of pyridine rings is 1. The number of rotatable bonds is 4. The van der Waals surface area contributed by atoms with Crippen molar-refractivity contribution >= 4 is 11.3 Å². The summed E-state index contributed by atoms with van der Waals surface area (Å²) in [5, 5.41) is 4.50. The Labute approximate surface area is 106 Å². The van der Waals surface area contributed by atoms with Crippen molar-refractivity contribution in [1.82, 2.24) is 15.3 Å². The van der Waals surface area contributed by atoms with Gasteiger partial charge >= 0.3 is 0 Å². The van der Waals surface area contributed by atoms with E-state index in [9.17, 15) is 0 Å². The zero-order valence-corrected chi connectivity index (χ0v) is 11.2. The highest BCUT2D eigenvalue weighted by Crippen LogP contribution is 2.27. The maximum atomic E-state index is 4.61. The molecule has 0 saturated carbocycles. The second-order valence-corrected chi connectivity index (χ2v) is 5.38. The van der Waals surface area contributed by atoms with Crippen molar-refractivity contribution in [3.05, 3.63) is 35.1 Å². The van der Waals surface area contributed by atoms with Crippen LogP contribution < -0.4 is 5.32 Å². The standard InChI is InChI=1S/C13H17N3S/c1-9(2)15-8-12-10(3)16-13(17-12)11-4-6-14-7-5-11/h4-7,9,15H,8H2,1-3H3. The average Bonchev–Trinajstić information content (AvgIpc) is 2.69. The van der Waals surface area contributed by atoms with Gasteiger partial charge < -0.3 is 5.32 Å². The molecular weight excluding hydrogens is 230 g/mol. The fourth-order valence-corrected chi connectivity index (χ4v) is 2.53. The molecule has 0 spiro atoms. The van der Waals surface area contributed by atoms with E-state index in [1.165, 1.54) is 4.88 Å². The first-order valence-electron chi connectivity index (χ1n) is 5.77. The Hall–Kier alpha value is -1.26. The minimum Gasteiger partial charge on any atom is -0.310 e. The molecule has 0 radical (unpaired) electrons. The van der Waals surface area contributed by atoms with Gasteiger partial charge in [-0.3, -0.25) is 4.98 Å². The smallest absolute Gasteiger partial charge is 0.124 e. The van der Waals surface area contributed by atoms with Crippen LogP contribution in [-0.2, 0) is 6.54 Å². The van der Waals surface area contributed by atoms with E-state index in [4.69, 9.17) is 0 Å². The molecule has 0 unspecified atom stereocenters. The molecule has 2 heterocycles. The molecule has 0 amide bonds. The van der Waals surface area contributed by atoms with Gasteiger partial charge in [-0.15, -0.1) is 11.3 Å². The highest BCUT2D eigenvalue weighted by atomic mass is 32.1. The molecule has 2 aromatic heterocycles. The lowest BCUT2D eigenvalue weighted by molar-refractivity contribution is 0.591. The zero-order valence-electron chi connectivity index (χ0n) is 10.4. The van der Waals surface area contributed by atoms with Gasteiger partial charge in [-0.25, -0.2) is 4.98 Å². The molecule has 4 heteroatoms. The van der Waals surface area contributed by atoms with Crippen LogP contribution in [0.15, 0.2) is 24.5 Å². The molecular formula is C13H17N3S. The minimum absolute atomic E-state index is 0.501. The van der Waals surface area contributed by atoms with E-state index >= 15 is 0 Å². The van der Waals surface area contributed by atoms with Gasteiger partial charge in [-0.05, 0) is 19.1 Å². The first-order valence-corrected chi connectivity index (χ1v) is 6.58. The molecule has 0 aliphatic rings. The fraction of sp³-hybridized carbons (Fsp3) is 0.385. The number of hydrogen-bond donors (Lipinski definition) is 1. The van der Waals surface area contributed by atoms with Gasteiger partial charge in [-0.2, -0.15) is 0 Å². The van der Waals surface area contributed by atoms with E-state index in [2.05, 4.69) is 36.1 Å². The molecule has 0 fully saturated rings. The summed E-state index contributed by atoms with van der Waals surface area (Å²) in [6.07, 6.45) is 3.61. The first kappa shape index (κ1) is 12.2. The Kier molecular flexibility index (Phi) is 3.86. The minimum atomic E-state index is 0.501. The van der Waals surface area contributed by atoms with Crippen LogP contribution in [0, 0.1) is 6.92 Å². The van der Waals surface area contributed by atoms with Crippen molar-refractivity contribution in [3.63, 3.8) is 0 Å². The molecule has 0 atom stereocenters. The molecule has 0 aliphatic heterocycles. The van der Waals surface area contributed by atoms with E-state index < -0.39 is 0 Å². The normalized spacial score (nSPS) is 11.1. The van der Waals surface area contributed by atoms with Gasteiger partial charge in [0, 0.05) is 35.4 Å². The monoisotopic (exact) mass is 247 g/mol. The lowest BCUT2D eigenvalue weighted by Crippen LogP contribution is -2.21. The summed E-state index contributed by atoms with van der Waals surface area (Å²) in [6.45, 7) is 7.27. The van der Waals surface area contributed by atoms with Crippen LogP contribution in [0.5, 0.6) is 0 Å². The summed E-state index contributed by atoms with van der Waals surface area (Å²) >= 11 is 1.75. The Balaban J connectivity index is 2.19. The van der Waals surface area contributed by atoms with Gasteiger partial charge in [0.05, 0.1) is 5.69 Å². The lowest BCUT2D eigenvalue weighted by Gasteiger charge is -2.05. The highest BCUT2D eigenvalue weighted by molar-refractivity contribution is 7.15. The number of hydrogen-bond acceptors (Lipinski definition) is 4. The van der Waals surface area contributed by atoms with E-state index in [0.717, 1.165) is 22.8 Å². The third-order valence-electron chi connectivity index (χ3n) is 2.49. The molecule has 3 nitrogen and oxygen atoms in total. The Bertz CT molecular complexity index is 477. The number of nitrogens with one attached hydrogen (secondary N) is 1. The van der Waals surface area contributed by atoms with Gasteiger partial charge in [-0.1, -0.05) is 13.8 Å². The number of aryl methyl sites for hydroxylation is 1. The molecule has 0 saturated heterocycles. The topological polar surface area (TPSA) is 37.8 Å². The Morgan fingerprint density at radius 1 is 1.29 bits per heavy atom. The highest BCUT2D eigenvalue weighted by Gasteiger charge is 2.09. The molecule has 0 aromatic carbocycles. The second kappa shape index (κ2) is 5.38. The summed E-state index contributed by atoms with van der Waals surface area (Å²) in [6, 6.07) is 4.50. The van der Waals surface area contributed by atoms with Gasteiger partial charge in [0.15, 0.2) is 0 Å². The third kappa shape index (κ3) is 3.11. The molecule has 0 bridgehead atoms. The predicted octanol–water partition coefficient (Wildman–Crippen LogP) is 3.01. The maximum absolute atomic E-state index is 4.61. The van der Waals surface area contributed by atoms with Crippen LogP contribution in [0.2, 0.25) is 0 Å². The molecule has 2 rings (SSSR count). The number of thiazole rings is 1. The van der Waals surface area contributed by atoms with E-state index in [-0.39, 0.29) is 0 Å². The van der Waals surface area contributed by atoms with Crippen molar-refractivity contribution < 1.29 is 0 Å². The lowest BCUT2D eigenvalue weighted by atomic mass is 10.3. The summed E-state index contributed by atoms with van der Waals surface area (Å²) in [5.74, 6) is 0. The maximum Gasteiger partial charge on any atom is 0.124 e. The van der Waals surface area contributed by atoms with E-state index in [0.29, 0.717) is 6.04 Å². The average molecular weight is 247 g/mol. The van der Waals surface area contributed by atoms with Crippen LogP contribution in [0.3, 0.4) is 0 Å². The van der Waals surface area contributed by atoms with Crippen molar-refractivity contribution in [2.75, 3.05) is 0 Å². The summed E-state index contributed by atoms with van der Waals surface area (Å²) in [7, 11) is 0. The van der Waals surface area contributed by atoms with Crippen LogP contribution >= 0.6 is 11.3 Å². The second-order valence-electron chi connectivity index (χ2n) is 4.30. The Morgan fingerprint density at radius 3 is 2.65 bits per heavy atom. The SMILES string of the molecule is Cc1nc(-c2ccncc2)sc1CNC(C)C. The summed E-state index contributed by atoms with van der Waals surface area (Å²) in [5.41, 5.74) is 2.26. The predicted molar refractivity (Wildman–Crippen MR) is 72.1 cm³/mol. The number of nitrogens with zero attached hydrogens (tertiary/aromatic N) is 2. The zero-order chi connectivity index (χ0) is 12.3. The summed E-state index contributed by atoms with van der Waals surface area (Å²) in [4.78, 5) is 9.94. The van der Waals surface area contributed by atoms with Crippen molar-refractivity contribution in [3.8, 4) is 10.6 Å². The molecule has 0 aliphatic carbocycles. The van der Waals surface area contributed by atoms with Gasteiger partial charge in [0.25, 0.3) is 0 Å². The van der Waals surface area contributed by atoms with E-state index in [1.807, 2.05) is 12.1 Å². The Morgan fingerprint density at radius 2 is 2.00 bits per heavy atom. The third-order valence-corrected chi connectivity index (χ3v) is 3.70. The molecule has 17 heavy (non-hydrogen) atoms. The first-order chi connectivity index (χ1) is 8.16. The molecule has 1 N–H and O–H groups in total. The number of aromatic nitrogens is 2. The largest absolute Gasteiger partial charge is 0.310 e. The quantitative estimate of drug-likeness (QED) is 0.902. The molecule has 90 valence electrons. The summed E-state index contributed by atoms with van der Waals surface area (Å²) < 4.78 is 0. The molecule has 2 aromatic rings. The van der Waals surface area contributed by atoms with Crippen molar-refractivity contribution in [2.45, 2.75) is 33.4 Å². The van der Waals surface area contributed by atoms with Crippen LogP contribution in [0.4, 0.5) is 0 Å². The van der Waals surface area contributed by atoms with Crippen molar-refractivity contribution in [2.24, 2.45) is 0 Å².